The Hall–Kier alpha value is -1.42. The molecule has 100 valence electrons. The molecule has 3 rings (SSSR count). The highest BCUT2D eigenvalue weighted by Crippen LogP contribution is 2.37. The van der Waals surface area contributed by atoms with E-state index in [4.69, 9.17) is 0 Å². The minimum absolute atomic E-state index is 0.0398. The third-order valence-electron chi connectivity index (χ3n) is 3.90. The Labute approximate surface area is 117 Å². The van der Waals surface area contributed by atoms with E-state index in [2.05, 4.69) is 24.1 Å². The molecule has 1 aromatic carbocycles. The largest absolute Gasteiger partial charge is 0.349 e. The number of rotatable bonds is 2. The molecule has 1 N–H and O–H groups in total. The van der Waals surface area contributed by atoms with Crippen LogP contribution in [0.15, 0.2) is 23.7 Å². The van der Waals surface area contributed by atoms with Gasteiger partial charge in [0, 0.05) is 11.6 Å². The average Bonchev–Trinajstić information content (AvgIpc) is 2.94. The smallest absolute Gasteiger partial charge is 0.251 e. The summed E-state index contributed by atoms with van der Waals surface area (Å²) in [5.41, 5.74) is 3.87. The first-order valence-electron chi connectivity index (χ1n) is 6.68. The van der Waals surface area contributed by atoms with Gasteiger partial charge in [0.05, 0.1) is 15.7 Å². The third kappa shape index (κ3) is 2.63. The van der Waals surface area contributed by atoms with E-state index in [1.807, 2.05) is 23.7 Å². The molecule has 0 spiro atoms. The lowest BCUT2D eigenvalue weighted by Crippen LogP contribution is -2.33. The number of fused-ring (bicyclic) bond motifs is 1. The lowest BCUT2D eigenvalue weighted by molar-refractivity contribution is 0.0936. The molecule has 0 radical (unpaired) electrons. The monoisotopic (exact) mass is 274 g/mol. The van der Waals surface area contributed by atoms with Crippen molar-refractivity contribution in [3.05, 3.63) is 29.3 Å². The minimum Gasteiger partial charge on any atom is -0.349 e. The predicted octanol–water partition coefficient (Wildman–Crippen LogP) is 3.60. The lowest BCUT2D eigenvalue weighted by atomic mass is 9.92. The van der Waals surface area contributed by atoms with E-state index < -0.39 is 0 Å². The molecular formula is C15H18N2OS. The fourth-order valence-electron chi connectivity index (χ4n) is 2.82. The van der Waals surface area contributed by atoms with Crippen LogP contribution in [0.4, 0.5) is 0 Å². The Balaban J connectivity index is 1.73. The van der Waals surface area contributed by atoms with E-state index >= 15 is 0 Å². The van der Waals surface area contributed by atoms with Crippen LogP contribution in [0.1, 0.15) is 43.5 Å². The van der Waals surface area contributed by atoms with Crippen molar-refractivity contribution in [2.45, 2.75) is 39.2 Å². The van der Waals surface area contributed by atoms with Crippen molar-refractivity contribution in [3.63, 3.8) is 0 Å². The molecule has 0 bridgehead atoms. The van der Waals surface area contributed by atoms with Crippen LogP contribution in [0.5, 0.6) is 0 Å². The Morgan fingerprint density at radius 1 is 1.47 bits per heavy atom. The van der Waals surface area contributed by atoms with Gasteiger partial charge in [-0.25, -0.2) is 4.98 Å². The number of thiazole rings is 1. The molecule has 0 saturated heterocycles. The van der Waals surface area contributed by atoms with Gasteiger partial charge in [0.1, 0.15) is 0 Å². The molecular weight excluding hydrogens is 256 g/mol. The molecule has 0 aliphatic heterocycles. The van der Waals surface area contributed by atoms with Crippen LogP contribution in [-0.4, -0.2) is 16.9 Å². The summed E-state index contributed by atoms with van der Waals surface area (Å²) in [4.78, 5) is 16.5. The van der Waals surface area contributed by atoms with E-state index in [0.29, 0.717) is 11.5 Å². The quantitative estimate of drug-likeness (QED) is 0.909. The summed E-state index contributed by atoms with van der Waals surface area (Å²) in [6, 6.07) is 6.03. The van der Waals surface area contributed by atoms with Crippen molar-refractivity contribution in [2.75, 3.05) is 0 Å². The molecule has 2 aromatic rings. The number of nitrogens with zero attached hydrogens (tertiary/aromatic N) is 1. The zero-order valence-corrected chi connectivity index (χ0v) is 12.1. The van der Waals surface area contributed by atoms with Crippen LogP contribution >= 0.6 is 11.3 Å². The molecule has 1 aromatic heterocycles. The van der Waals surface area contributed by atoms with Gasteiger partial charge in [-0.05, 0) is 42.9 Å². The predicted molar refractivity (Wildman–Crippen MR) is 78.5 cm³/mol. The molecule has 3 nitrogen and oxygen atoms in total. The fourth-order valence-corrected chi connectivity index (χ4v) is 3.54. The number of carbonyl (C=O) groups excluding carboxylic acids is 1. The van der Waals surface area contributed by atoms with Crippen molar-refractivity contribution in [3.8, 4) is 0 Å². The van der Waals surface area contributed by atoms with Gasteiger partial charge in [0.2, 0.25) is 0 Å². The van der Waals surface area contributed by atoms with Crippen LogP contribution in [0.2, 0.25) is 0 Å². The molecule has 1 atom stereocenters. The number of amides is 1. The second-order valence-corrected chi connectivity index (χ2v) is 7.00. The fraction of sp³-hybridized carbons (Fsp3) is 0.467. The van der Waals surface area contributed by atoms with Gasteiger partial charge in [0.25, 0.3) is 5.91 Å². The summed E-state index contributed by atoms with van der Waals surface area (Å²) in [5, 5.41) is 3.15. The summed E-state index contributed by atoms with van der Waals surface area (Å²) in [6.45, 7) is 4.53. The van der Waals surface area contributed by atoms with Crippen LogP contribution < -0.4 is 5.32 Å². The lowest BCUT2D eigenvalue weighted by Gasteiger charge is -2.17. The standard InChI is InChI=1S/C15H18N2OS/c1-15(2)6-5-11(8-15)17-14(18)10-3-4-12-13(7-10)19-9-16-12/h3-4,7,9,11H,5-6,8H2,1-2H3,(H,17,18). The first-order valence-corrected chi connectivity index (χ1v) is 7.56. The summed E-state index contributed by atoms with van der Waals surface area (Å²) < 4.78 is 1.07. The van der Waals surface area contributed by atoms with Crippen LogP contribution in [0.25, 0.3) is 10.2 Å². The second-order valence-electron chi connectivity index (χ2n) is 6.11. The van der Waals surface area contributed by atoms with Crippen molar-refractivity contribution in [1.82, 2.24) is 10.3 Å². The molecule has 1 aliphatic rings. The zero-order valence-electron chi connectivity index (χ0n) is 11.3. The Kier molecular flexibility index (Phi) is 3.05. The number of aromatic nitrogens is 1. The van der Waals surface area contributed by atoms with Gasteiger partial charge in [-0.2, -0.15) is 0 Å². The van der Waals surface area contributed by atoms with Crippen LogP contribution in [0.3, 0.4) is 0 Å². The maximum atomic E-state index is 12.3. The molecule has 1 fully saturated rings. The molecule has 1 heterocycles. The highest BCUT2D eigenvalue weighted by molar-refractivity contribution is 7.16. The van der Waals surface area contributed by atoms with Gasteiger partial charge < -0.3 is 5.32 Å². The summed E-state index contributed by atoms with van der Waals surface area (Å²) in [6.07, 6.45) is 3.34. The highest BCUT2D eigenvalue weighted by atomic mass is 32.1. The zero-order chi connectivity index (χ0) is 13.5. The van der Waals surface area contributed by atoms with Gasteiger partial charge in [0.15, 0.2) is 0 Å². The number of carbonyl (C=O) groups is 1. The van der Waals surface area contributed by atoms with Gasteiger partial charge in [-0.1, -0.05) is 13.8 Å². The molecule has 19 heavy (non-hydrogen) atoms. The van der Waals surface area contributed by atoms with Crippen molar-refractivity contribution < 1.29 is 4.79 Å². The number of hydrogen-bond acceptors (Lipinski definition) is 3. The van der Waals surface area contributed by atoms with Crippen molar-refractivity contribution in [2.24, 2.45) is 5.41 Å². The first kappa shape index (κ1) is 12.6. The molecule has 4 heteroatoms. The number of hydrogen-bond donors (Lipinski definition) is 1. The van der Waals surface area contributed by atoms with E-state index in [0.717, 1.165) is 28.6 Å². The summed E-state index contributed by atoms with van der Waals surface area (Å²) >= 11 is 1.57. The minimum atomic E-state index is 0.0398. The number of benzene rings is 1. The van der Waals surface area contributed by atoms with Gasteiger partial charge >= 0.3 is 0 Å². The summed E-state index contributed by atoms with van der Waals surface area (Å²) in [7, 11) is 0. The molecule has 1 unspecified atom stereocenters. The van der Waals surface area contributed by atoms with Crippen molar-refractivity contribution in [1.29, 1.82) is 0 Å². The maximum absolute atomic E-state index is 12.3. The van der Waals surface area contributed by atoms with Crippen molar-refractivity contribution >= 4 is 27.5 Å². The van der Waals surface area contributed by atoms with E-state index in [1.54, 1.807) is 11.3 Å². The van der Waals surface area contributed by atoms with E-state index in [-0.39, 0.29) is 5.91 Å². The van der Waals surface area contributed by atoms with Crippen LogP contribution in [-0.2, 0) is 0 Å². The SMILES string of the molecule is CC1(C)CCC(NC(=O)c2ccc3ncsc3c2)C1. The Morgan fingerprint density at radius 3 is 3.05 bits per heavy atom. The highest BCUT2D eigenvalue weighted by Gasteiger charge is 2.31. The van der Waals surface area contributed by atoms with E-state index in [1.165, 1.54) is 6.42 Å². The van der Waals surface area contributed by atoms with E-state index in [9.17, 15) is 4.79 Å². The molecule has 1 amide bonds. The third-order valence-corrected chi connectivity index (χ3v) is 4.69. The second kappa shape index (κ2) is 4.60. The first-order chi connectivity index (χ1) is 9.03. The average molecular weight is 274 g/mol. The van der Waals surface area contributed by atoms with Crippen LogP contribution in [0, 0.1) is 5.41 Å². The van der Waals surface area contributed by atoms with Gasteiger partial charge in [-0.15, -0.1) is 11.3 Å². The number of nitrogens with one attached hydrogen (secondary N) is 1. The molecule has 1 saturated carbocycles. The summed E-state index contributed by atoms with van der Waals surface area (Å²) in [5.74, 6) is 0.0398. The Morgan fingerprint density at radius 2 is 2.32 bits per heavy atom. The maximum Gasteiger partial charge on any atom is 0.251 e. The molecule has 1 aliphatic carbocycles. The van der Waals surface area contributed by atoms with Gasteiger partial charge in [-0.3, -0.25) is 4.79 Å². The Bertz CT molecular complexity index is 617. The normalized spacial score (nSPS) is 21.7. The topological polar surface area (TPSA) is 42.0 Å².